The first-order chi connectivity index (χ1) is 18.8. The van der Waals surface area contributed by atoms with E-state index in [1.807, 2.05) is 44.2 Å². The van der Waals surface area contributed by atoms with Crippen LogP contribution in [0.15, 0.2) is 107 Å². The lowest BCUT2D eigenvalue weighted by Gasteiger charge is -2.13. The van der Waals surface area contributed by atoms with E-state index in [1.165, 1.54) is 30.5 Å². The molecule has 0 atom stereocenters. The van der Waals surface area contributed by atoms with Crippen LogP contribution in [0.3, 0.4) is 0 Å². The Morgan fingerprint density at radius 3 is 2.38 bits per heavy atom. The Balaban J connectivity index is 1.39. The molecule has 0 unspecified atom stereocenters. The van der Waals surface area contributed by atoms with Crippen LogP contribution >= 0.6 is 0 Å². The molecule has 0 fully saturated rings. The molecule has 0 heterocycles. The minimum atomic E-state index is -3.99. The molecule has 0 spiro atoms. The fourth-order valence-electron chi connectivity index (χ4n) is 3.53. The van der Waals surface area contributed by atoms with Gasteiger partial charge in [-0.1, -0.05) is 60.2 Å². The van der Waals surface area contributed by atoms with Crippen LogP contribution in [0.25, 0.3) is 0 Å². The lowest BCUT2D eigenvalue weighted by Crippen LogP contribution is -2.17. The van der Waals surface area contributed by atoms with Crippen molar-refractivity contribution in [2.24, 2.45) is 5.10 Å². The van der Waals surface area contributed by atoms with E-state index in [0.29, 0.717) is 35.8 Å². The van der Waals surface area contributed by atoms with E-state index in [0.717, 1.165) is 11.1 Å². The van der Waals surface area contributed by atoms with Crippen molar-refractivity contribution in [1.29, 1.82) is 0 Å². The van der Waals surface area contributed by atoms with Crippen LogP contribution in [0.5, 0.6) is 17.2 Å². The maximum absolute atomic E-state index is 12.7. The molecule has 0 aliphatic rings. The second kappa shape index (κ2) is 12.7. The number of carbonyl (C=O) groups excluding carboxylic acids is 1. The van der Waals surface area contributed by atoms with E-state index >= 15 is 0 Å². The van der Waals surface area contributed by atoms with Gasteiger partial charge < -0.3 is 13.7 Å². The van der Waals surface area contributed by atoms with Gasteiger partial charge in [0.25, 0.3) is 5.91 Å². The molecule has 4 aromatic rings. The van der Waals surface area contributed by atoms with Crippen LogP contribution in [0.2, 0.25) is 0 Å². The third-order valence-corrected chi connectivity index (χ3v) is 6.76. The molecular weight excluding hydrogens is 516 g/mol. The van der Waals surface area contributed by atoms with Gasteiger partial charge in [0, 0.05) is 5.56 Å². The molecule has 1 N–H and O–H groups in total. The fraction of sp³-hybridized carbons (Fsp3) is 0.133. The van der Waals surface area contributed by atoms with Crippen LogP contribution in [-0.4, -0.2) is 27.1 Å². The summed E-state index contributed by atoms with van der Waals surface area (Å²) in [6, 6.07) is 27.4. The lowest BCUT2D eigenvalue weighted by molar-refractivity contribution is 0.0954. The van der Waals surface area contributed by atoms with Gasteiger partial charge in [-0.15, -0.1) is 0 Å². The summed E-state index contributed by atoms with van der Waals surface area (Å²) < 4.78 is 41.9. The van der Waals surface area contributed by atoms with E-state index in [9.17, 15) is 13.2 Å². The topological polar surface area (TPSA) is 103 Å². The number of rotatable bonds is 11. The molecule has 4 aromatic carbocycles. The molecule has 9 heteroatoms. The van der Waals surface area contributed by atoms with Gasteiger partial charge in [0.05, 0.1) is 12.8 Å². The average Bonchev–Trinajstić information content (AvgIpc) is 2.93. The summed E-state index contributed by atoms with van der Waals surface area (Å²) in [5.41, 5.74) is 5.29. The van der Waals surface area contributed by atoms with Gasteiger partial charge in [-0.2, -0.15) is 13.5 Å². The zero-order valence-electron chi connectivity index (χ0n) is 21.5. The molecular formula is C30H28N2O6S. The number of carbonyl (C=O) groups is 1. The quantitative estimate of drug-likeness (QED) is 0.152. The first-order valence-corrected chi connectivity index (χ1v) is 13.6. The lowest BCUT2D eigenvalue weighted by atomic mass is 10.2. The molecule has 0 aliphatic carbocycles. The maximum atomic E-state index is 12.7. The van der Waals surface area contributed by atoms with Crippen molar-refractivity contribution in [2.45, 2.75) is 25.3 Å². The summed E-state index contributed by atoms with van der Waals surface area (Å²) >= 11 is 0. The van der Waals surface area contributed by atoms with Crippen molar-refractivity contribution in [3.8, 4) is 17.2 Å². The predicted molar refractivity (Wildman–Crippen MR) is 149 cm³/mol. The molecule has 4 rings (SSSR count). The average molecular weight is 545 g/mol. The number of nitrogens with zero attached hydrogens (tertiary/aromatic N) is 1. The van der Waals surface area contributed by atoms with E-state index < -0.39 is 16.0 Å². The van der Waals surface area contributed by atoms with E-state index in [4.69, 9.17) is 13.7 Å². The minimum Gasteiger partial charge on any atom is -0.490 e. The van der Waals surface area contributed by atoms with E-state index in [-0.39, 0.29) is 10.6 Å². The smallest absolute Gasteiger partial charge is 0.339 e. The Morgan fingerprint density at radius 1 is 0.872 bits per heavy atom. The zero-order chi connectivity index (χ0) is 27.7. The predicted octanol–water partition coefficient (Wildman–Crippen LogP) is 5.50. The van der Waals surface area contributed by atoms with Gasteiger partial charge in [-0.05, 0) is 67.4 Å². The SMILES string of the molecule is CCOc1cc(C(=O)N/N=C/c2cccc(OS(=O)(=O)c3ccc(C)cc3)c2)ccc1OCc1ccccc1. The van der Waals surface area contributed by atoms with Gasteiger partial charge in [-0.25, -0.2) is 5.43 Å². The van der Waals surface area contributed by atoms with Crippen molar-refractivity contribution in [3.05, 3.63) is 119 Å². The van der Waals surface area contributed by atoms with Gasteiger partial charge in [-0.3, -0.25) is 4.79 Å². The van der Waals surface area contributed by atoms with Crippen LogP contribution in [0, 0.1) is 6.92 Å². The number of aryl methyl sites for hydroxylation is 1. The number of ether oxygens (including phenoxy) is 2. The highest BCUT2D eigenvalue weighted by Gasteiger charge is 2.16. The van der Waals surface area contributed by atoms with Gasteiger partial charge in [0.2, 0.25) is 0 Å². The molecule has 39 heavy (non-hydrogen) atoms. The highest BCUT2D eigenvalue weighted by molar-refractivity contribution is 7.87. The highest BCUT2D eigenvalue weighted by atomic mass is 32.2. The normalized spacial score (nSPS) is 11.2. The Hall–Kier alpha value is -4.63. The third kappa shape index (κ3) is 7.68. The molecule has 0 bridgehead atoms. The Bertz CT molecular complexity index is 1550. The maximum Gasteiger partial charge on any atom is 0.339 e. The molecule has 8 nitrogen and oxygen atoms in total. The van der Waals surface area contributed by atoms with Crippen LogP contribution < -0.4 is 19.1 Å². The zero-order valence-corrected chi connectivity index (χ0v) is 22.4. The second-order valence-electron chi connectivity index (χ2n) is 8.49. The first kappa shape index (κ1) is 27.4. The fourth-order valence-corrected chi connectivity index (χ4v) is 4.45. The minimum absolute atomic E-state index is 0.0577. The van der Waals surface area contributed by atoms with E-state index in [1.54, 1.807) is 42.5 Å². The Labute approximate surface area is 228 Å². The molecule has 200 valence electrons. The molecule has 0 saturated carbocycles. The van der Waals surface area contributed by atoms with Crippen molar-refractivity contribution in [3.63, 3.8) is 0 Å². The summed E-state index contributed by atoms with van der Waals surface area (Å²) in [6.07, 6.45) is 1.39. The van der Waals surface area contributed by atoms with Crippen molar-refractivity contribution in [2.75, 3.05) is 6.61 Å². The number of hydrogen-bond donors (Lipinski definition) is 1. The van der Waals surface area contributed by atoms with Gasteiger partial charge >= 0.3 is 10.1 Å². The molecule has 0 aromatic heterocycles. The standard InChI is InChI=1S/C30H28N2O6S/c1-3-36-29-19-25(14-17-28(29)37-21-23-8-5-4-6-9-23)30(33)32-31-20-24-10-7-11-26(18-24)38-39(34,35)27-15-12-22(2)13-16-27/h4-20H,3,21H2,1-2H3,(H,32,33)/b31-20+. The van der Waals surface area contributed by atoms with Crippen LogP contribution in [0.1, 0.15) is 34.0 Å². The number of benzene rings is 4. The van der Waals surface area contributed by atoms with E-state index in [2.05, 4.69) is 10.5 Å². The summed E-state index contributed by atoms with van der Waals surface area (Å²) in [5, 5.41) is 4.00. The summed E-state index contributed by atoms with van der Waals surface area (Å²) in [5.74, 6) is 0.650. The van der Waals surface area contributed by atoms with Crippen LogP contribution in [0.4, 0.5) is 0 Å². The van der Waals surface area contributed by atoms with Gasteiger partial charge in [0.1, 0.15) is 17.3 Å². The molecule has 0 saturated heterocycles. The van der Waals surface area contributed by atoms with Gasteiger partial charge in [0.15, 0.2) is 11.5 Å². The first-order valence-electron chi connectivity index (χ1n) is 12.2. The summed E-state index contributed by atoms with van der Waals surface area (Å²) in [7, 11) is -3.99. The highest BCUT2D eigenvalue weighted by Crippen LogP contribution is 2.29. The molecule has 1 amide bonds. The van der Waals surface area contributed by atoms with Crippen molar-refractivity contribution < 1.29 is 26.9 Å². The Kier molecular flexibility index (Phi) is 8.96. The number of hydrazone groups is 1. The summed E-state index contributed by atoms with van der Waals surface area (Å²) in [6.45, 7) is 4.49. The number of nitrogens with one attached hydrogen (secondary N) is 1. The monoisotopic (exact) mass is 544 g/mol. The third-order valence-electron chi connectivity index (χ3n) is 5.50. The van der Waals surface area contributed by atoms with Crippen molar-refractivity contribution in [1.82, 2.24) is 5.43 Å². The second-order valence-corrected chi connectivity index (χ2v) is 10.0. The molecule has 0 radical (unpaired) electrons. The largest absolute Gasteiger partial charge is 0.490 e. The number of amides is 1. The van der Waals surface area contributed by atoms with Crippen molar-refractivity contribution >= 4 is 22.2 Å². The van der Waals surface area contributed by atoms with Crippen LogP contribution in [-0.2, 0) is 16.7 Å². The number of hydrogen-bond acceptors (Lipinski definition) is 7. The Morgan fingerprint density at radius 2 is 1.64 bits per heavy atom. The molecule has 0 aliphatic heterocycles. The summed E-state index contributed by atoms with van der Waals surface area (Å²) in [4.78, 5) is 12.7.